The summed E-state index contributed by atoms with van der Waals surface area (Å²) in [6.07, 6.45) is 5.01. The predicted molar refractivity (Wildman–Crippen MR) is 102 cm³/mol. The predicted octanol–water partition coefficient (Wildman–Crippen LogP) is 2.84. The second kappa shape index (κ2) is 12.1. The number of thioether (sulfide) groups is 1. The number of hydrogen-bond donors (Lipinski definition) is 2. The lowest BCUT2D eigenvalue weighted by atomic mass is 10.1. The number of nitrogens with zero attached hydrogens (tertiary/aromatic N) is 2. The Morgan fingerprint density at radius 1 is 1.29 bits per heavy atom. The molecule has 0 bridgehead atoms. The Labute approximate surface area is 149 Å². The van der Waals surface area contributed by atoms with E-state index in [1.165, 1.54) is 5.56 Å². The zero-order valence-electron chi connectivity index (χ0n) is 13.4. The summed E-state index contributed by atoms with van der Waals surface area (Å²) in [5, 5.41) is 10.8. The molecular formula is C14H27IN4OS. The summed E-state index contributed by atoms with van der Waals surface area (Å²) >= 11 is 1.86. The highest BCUT2D eigenvalue weighted by Crippen LogP contribution is 2.15. The SMILES string of the molecule is CCc1noc(CC)c1CNC(=NC)NCCCSC.I. The average Bonchev–Trinajstić information content (AvgIpc) is 2.88. The quantitative estimate of drug-likeness (QED) is 0.290. The van der Waals surface area contributed by atoms with Crippen LogP contribution < -0.4 is 10.6 Å². The van der Waals surface area contributed by atoms with Gasteiger partial charge in [-0.3, -0.25) is 4.99 Å². The highest BCUT2D eigenvalue weighted by atomic mass is 127. The molecule has 1 aromatic heterocycles. The lowest BCUT2D eigenvalue weighted by Gasteiger charge is -2.11. The first-order valence-corrected chi connectivity index (χ1v) is 8.55. The Bertz CT molecular complexity index is 402. The normalized spacial score (nSPS) is 11.1. The highest BCUT2D eigenvalue weighted by Gasteiger charge is 2.13. The minimum Gasteiger partial charge on any atom is -0.361 e. The molecule has 0 aliphatic carbocycles. The first kappa shape index (κ1) is 20.6. The van der Waals surface area contributed by atoms with Crippen molar-refractivity contribution in [3.05, 3.63) is 17.0 Å². The second-order valence-electron chi connectivity index (χ2n) is 4.44. The van der Waals surface area contributed by atoms with Crippen LogP contribution in [0.4, 0.5) is 0 Å². The Morgan fingerprint density at radius 3 is 2.62 bits per heavy atom. The van der Waals surface area contributed by atoms with E-state index in [4.69, 9.17) is 4.52 Å². The van der Waals surface area contributed by atoms with Crippen molar-refractivity contribution in [3.8, 4) is 0 Å². The molecule has 1 aromatic rings. The second-order valence-corrected chi connectivity index (χ2v) is 5.42. The molecule has 122 valence electrons. The molecular weight excluding hydrogens is 399 g/mol. The van der Waals surface area contributed by atoms with Crippen molar-refractivity contribution >= 4 is 41.7 Å². The summed E-state index contributed by atoms with van der Waals surface area (Å²) in [4.78, 5) is 4.23. The molecule has 0 saturated carbocycles. The number of aromatic nitrogens is 1. The third-order valence-electron chi connectivity index (χ3n) is 3.08. The van der Waals surface area contributed by atoms with E-state index in [0.29, 0.717) is 6.54 Å². The van der Waals surface area contributed by atoms with Gasteiger partial charge >= 0.3 is 0 Å². The topological polar surface area (TPSA) is 62.5 Å². The van der Waals surface area contributed by atoms with Crippen molar-refractivity contribution in [2.75, 3.05) is 25.6 Å². The Balaban J connectivity index is 0.00000400. The van der Waals surface area contributed by atoms with Crippen molar-refractivity contribution in [2.24, 2.45) is 4.99 Å². The van der Waals surface area contributed by atoms with Gasteiger partial charge in [-0.2, -0.15) is 11.8 Å². The van der Waals surface area contributed by atoms with E-state index in [-0.39, 0.29) is 24.0 Å². The minimum atomic E-state index is 0. The van der Waals surface area contributed by atoms with E-state index in [9.17, 15) is 0 Å². The van der Waals surface area contributed by atoms with Crippen molar-refractivity contribution < 1.29 is 4.52 Å². The van der Waals surface area contributed by atoms with Gasteiger partial charge in [-0.05, 0) is 24.9 Å². The number of halogens is 1. The molecule has 0 aromatic carbocycles. The zero-order valence-corrected chi connectivity index (χ0v) is 16.5. The largest absolute Gasteiger partial charge is 0.361 e. The number of nitrogens with one attached hydrogen (secondary N) is 2. The smallest absolute Gasteiger partial charge is 0.191 e. The maximum atomic E-state index is 5.36. The van der Waals surface area contributed by atoms with Crippen molar-refractivity contribution in [1.29, 1.82) is 0 Å². The Morgan fingerprint density at radius 2 is 2.05 bits per heavy atom. The van der Waals surface area contributed by atoms with Gasteiger partial charge in [0, 0.05) is 32.1 Å². The lowest BCUT2D eigenvalue weighted by molar-refractivity contribution is 0.380. The van der Waals surface area contributed by atoms with E-state index in [1.54, 1.807) is 7.05 Å². The number of guanidine groups is 1. The zero-order chi connectivity index (χ0) is 14.8. The van der Waals surface area contributed by atoms with Gasteiger partial charge in [0.2, 0.25) is 0 Å². The molecule has 0 saturated heterocycles. The molecule has 0 aliphatic rings. The molecule has 1 heterocycles. The van der Waals surface area contributed by atoms with Crippen LogP contribution in [0, 0.1) is 0 Å². The van der Waals surface area contributed by atoms with Gasteiger partial charge in [0.25, 0.3) is 0 Å². The molecule has 21 heavy (non-hydrogen) atoms. The van der Waals surface area contributed by atoms with Gasteiger partial charge in [-0.1, -0.05) is 19.0 Å². The number of aliphatic imine (C=N–C) groups is 1. The van der Waals surface area contributed by atoms with Crippen LogP contribution in [0.15, 0.2) is 9.52 Å². The summed E-state index contributed by atoms with van der Waals surface area (Å²) in [6.45, 7) is 5.82. The molecule has 0 spiro atoms. The minimum absolute atomic E-state index is 0. The van der Waals surface area contributed by atoms with Crippen LogP contribution in [-0.4, -0.2) is 36.7 Å². The van der Waals surface area contributed by atoms with E-state index in [1.807, 2.05) is 11.8 Å². The highest BCUT2D eigenvalue weighted by molar-refractivity contribution is 14.0. The van der Waals surface area contributed by atoms with E-state index in [0.717, 1.165) is 49.0 Å². The van der Waals surface area contributed by atoms with E-state index < -0.39 is 0 Å². The fraction of sp³-hybridized carbons (Fsp3) is 0.714. The molecule has 0 unspecified atom stereocenters. The molecule has 0 amide bonds. The molecule has 0 atom stereocenters. The van der Waals surface area contributed by atoms with Crippen molar-refractivity contribution in [3.63, 3.8) is 0 Å². The van der Waals surface area contributed by atoms with Gasteiger partial charge in [0.05, 0.1) is 5.69 Å². The van der Waals surface area contributed by atoms with Crippen LogP contribution in [0.1, 0.15) is 37.3 Å². The van der Waals surface area contributed by atoms with Crippen LogP contribution >= 0.6 is 35.7 Å². The third kappa shape index (κ3) is 6.90. The molecule has 1 rings (SSSR count). The number of hydrogen-bond acceptors (Lipinski definition) is 4. The number of aryl methyl sites for hydroxylation is 2. The van der Waals surface area contributed by atoms with Crippen molar-refractivity contribution in [1.82, 2.24) is 15.8 Å². The maximum Gasteiger partial charge on any atom is 0.191 e. The Kier molecular flexibility index (Phi) is 11.9. The molecule has 0 radical (unpaired) electrons. The van der Waals surface area contributed by atoms with Gasteiger partial charge in [0.1, 0.15) is 5.76 Å². The van der Waals surface area contributed by atoms with E-state index >= 15 is 0 Å². The number of rotatable bonds is 8. The first-order chi connectivity index (χ1) is 9.76. The van der Waals surface area contributed by atoms with Gasteiger partial charge in [0.15, 0.2) is 5.96 Å². The van der Waals surface area contributed by atoms with Gasteiger partial charge in [-0.15, -0.1) is 24.0 Å². The molecule has 0 fully saturated rings. The van der Waals surface area contributed by atoms with Crippen LogP contribution in [-0.2, 0) is 19.4 Å². The average molecular weight is 426 g/mol. The summed E-state index contributed by atoms with van der Waals surface area (Å²) in [6, 6.07) is 0. The van der Waals surface area contributed by atoms with Crippen LogP contribution in [0.5, 0.6) is 0 Å². The fourth-order valence-electron chi connectivity index (χ4n) is 1.95. The molecule has 7 heteroatoms. The van der Waals surface area contributed by atoms with Crippen molar-refractivity contribution in [2.45, 2.75) is 39.7 Å². The van der Waals surface area contributed by atoms with Crippen LogP contribution in [0.3, 0.4) is 0 Å². The first-order valence-electron chi connectivity index (χ1n) is 7.16. The summed E-state index contributed by atoms with van der Waals surface area (Å²) < 4.78 is 5.36. The van der Waals surface area contributed by atoms with Crippen LogP contribution in [0.25, 0.3) is 0 Å². The lowest BCUT2D eigenvalue weighted by Crippen LogP contribution is -2.37. The summed E-state index contributed by atoms with van der Waals surface area (Å²) in [5.74, 6) is 2.96. The fourth-order valence-corrected chi connectivity index (χ4v) is 2.39. The summed E-state index contributed by atoms with van der Waals surface area (Å²) in [7, 11) is 1.79. The molecule has 0 aliphatic heterocycles. The monoisotopic (exact) mass is 426 g/mol. The van der Waals surface area contributed by atoms with E-state index in [2.05, 4.69) is 40.9 Å². The summed E-state index contributed by atoms with van der Waals surface area (Å²) in [5.41, 5.74) is 2.20. The molecule has 5 nitrogen and oxygen atoms in total. The third-order valence-corrected chi connectivity index (χ3v) is 3.78. The van der Waals surface area contributed by atoms with Gasteiger partial charge < -0.3 is 15.2 Å². The standard InChI is InChI=1S/C14H26N4OS.HI/c1-5-12-11(13(6-2)19-18-12)10-17-14(15-3)16-8-7-9-20-4;/h5-10H2,1-4H3,(H2,15,16,17);1H. The molecule has 2 N–H and O–H groups in total. The maximum absolute atomic E-state index is 5.36. The van der Waals surface area contributed by atoms with Gasteiger partial charge in [-0.25, -0.2) is 0 Å². The Hall–Kier alpha value is -0.440. The van der Waals surface area contributed by atoms with Crippen LogP contribution in [0.2, 0.25) is 0 Å².